The van der Waals surface area contributed by atoms with Crippen molar-refractivity contribution in [3.8, 4) is 0 Å². The van der Waals surface area contributed by atoms with Crippen molar-refractivity contribution >= 4 is 12.3 Å². The van der Waals surface area contributed by atoms with E-state index in [1.807, 2.05) is 18.2 Å². The van der Waals surface area contributed by atoms with Gasteiger partial charge in [-0.1, -0.05) is 0 Å². The van der Waals surface area contributed by atoms with Gasteiger partial charge in [0, 0.05) is 12.4 Å². The van der Waals surface area contributed by atoms with E-state index in [0.717, 1.165) is 16.1 Å². The summed E-state index contributed by atoms with van der Waals surface area (Å²) in [7, 11) is 0. The first kappa shape index (κ1) is 6.91. The van der Waals surface area contributed by atoms with Gasteiger partial charge in [0.25, 0.3) is 0 Å². The third-order valence-electron chi connectivity index (χ3n) is 1.63. The van der Waals surface area contributed by atoms with E-state index < -0.39 is 0 Å². The zero-order chi connectivity index (χ0) is 8.39. The smallest absolute Gasteiger partial charge is 0.0814 e. The molecular weight excluding hydrogens is 152 g/mol. The highest BCUT2D eigenvalue weighted by Gasteiger charge is 1.97. The Balaban J connectivity index is 2.34. The number of allylic oxidation sites excluding steroid dienone is 2. The SMILES string of the molecule is On1cccc1/C=C1/C=CC=N1. The molecule has 0 bridgehead atoms. The molecular formula is C9H8N2O. The predicted octanol–water partition coefficient (Wildman–Crippen LogP) is 1.71. The molecule has 2 rings (SSSR count). The maximum Gasteiger partial charge on any atom is 0.0814 e. The van der Waals surface area contributed by atoms with Crippen LogP contribution in [0.4, 0.5) is 0 Å². The Morgan fingerprint density at radius 2 is 2.42 bits per heavy atom. The highest BCUT2D eigenvalue weighted by molar-refractivity contribution is 5.79. The number of rotatable bonds is 1. The van der Waals surface area contributed by atoms with Gasteiger partial charge in [-0.05, 0) is 30.4 Å². The Morgan fingerprint density at radius 1 is 1.50 bits per heavy atom. The molecule has 0 saturated carbocycles. The standard InChI is InChI=1S/C9H8N2O/c12-11-6-2-4-9(11)7-8-3-1-5-10-8/h1-7,12H/b8-7-. The van der Waals surface area contributed by atoms with Crippen LogP contribution in [0.25, 0.3) is 6.08 Å². The number of hydrogen-bond donors (Lipinski definition) is 1. The summed E-state index contributed by atoms with van der Waals surface area (Å²) in [5, 5.41) is 9.21. The van der Waals surface area contributed by atoms with Crippen LogP contribution in [0.5, 0.6) is 0 Å². The number of aliphatic imine (C=N–C) groups is 1. The number of hydrogen-bond acceptors (Lipinski definition) is 2. The van der Waals surface area contributed by atoms with Crippen molar-refractivity contribution in [1.29, 1.82) is 0 Å². The third-order valence-corrected chi connectivity index (χ3v) is 1.63. The zero-order valence-corrected chi connectivity index (χ0v) is 6.38. The molecule has 2 heterocycles. The van der Waals surface area contributed by atoms with Gasteiger partial charge in [0.05, 0.1) is 11.4 Å². The Morgan fingerprint density at radius 3 is 3.00 bits per heavy atom. The van der Waals surface area contributed by atoms with Gasteiger partial charge in [-0.15, -0.1) is 0 Å². The van der Waals surface area contributed by atoms with Gasteiger partial charge < -0.3 is 5.21 Å². The van der Waals surface area contributed by atoms with E-state index in [9.17, 15) is 5.21 Å². The van der Waals surface area contributed by atoms with Gasteiger partial charge in [-0.2, -0.15) is 4.73 Å². The van der Waals surface area contributed by atoms with Crippen LogP contribution in [-0.4, -0.2) is 16.2 Å². The lowest BCUT2D eigenvalue weighted by molar-refractivity contribution is 0.185. The normalized spacial score (nSPS) is 17.8. The molecule has 1 N–H and O–H groups in total. The van der Waals surface area contributed by atoms with Gasteiger partial charge in [0.1, 0.15) is 0 Å². The van der Waals surface area contributed by atoms with E-state index in [4.69, 9.17) is 0 Å². The molecule has 1 aliphatic heterocycles. The zero-order valence-electron chi connectivity index (χ0n) is 6.38. The molecule has 0 unspecified atom stereocenters. The summed E-state index contributed by atoms with van der Waals surface area (Å²) in [6.45, 7) is 0. The molecule has 0 amide bonds. The van der Waals surface area contributed by atoms with E-state index in [1.165, 1.54) is 0 Å². The van der Waals surface area contributed by atoms with Crippen molar-refractivity contribution < 1.29 is 5.21 Å². The van der Waals surface area contributed by atoms with Crippen molar-refractivity contribution in [2.75, 3.05) is 0 Å². The Hall–Kier alpha value is -1.77. The molecule has 0 spiro atoms. The van der Waals surface area contributed by atoms with E-state index >= 15 is 0 Å². The summed E-state index contributed by atoms with van der Waals surface area (Å²) < 4.78 is 1.06. The topological polar surface area (TPSA) is 37.5 Å². The van der Waals surface area contributed by atoms with E-state index in [0.29, 0.717) is 0 Å². The van der Waals surface area contributed by atoms with Crippen molar-refractivity contribution in [3.63, 3.8) is 0 Å². The van der Waals surface area contributed by atoms with Gasteiger partial charge >= 0.3 is 0 Å². The summed E-state index contributed by atoms with van der Waals surface area (Å²) in [5.41, 5.74) is 1.58. The molecule has 0 atom stereocenters. The fourth-order valence-electron chi connectivity index (χ4n) is 1.05. The average Bonchev–Trinajstić information content (AvgIpc) is 2.65. The maximum atomic E-state index is 9.21. The second kappa shape index (κ2) is 2.70. The fourth-order valence-corrected chi connectivity index (χ4v) is 1.05. The number of aromatic nitrogens is 1. The average molecular weight is 160 g/mol. The summed E-state index contributed by atoms with van der Waals surface area (Å²) in [6.07, 6.45) is 8.84. The first-order valence-corrected chi connectivity index (χ1v) is 3.65. The molecule has 3 heteroatoms. The lowest BCUT2D eigenvalue weighted by Gasteiger charge is -1.94. The quantitative estimate of drug-likeness (QED) is 0.624. The molecule has 1 aliphatic rings. The van der Waals surface area contributed by atoms with Gasteiger partial charge in [0.15, 0.2) is 0 Å². The van der Waals surface area contributed by atoms with Gasteiger partial charge in [0.2, 0.25) is 0 Å². The minimum Gasteiger partial charge on any atom is -0.428 e. The second-order valence-electron chi connectivity index (χ2n) is 2.48. The van der Waals surface area contributed by atoms with Crippen LogP contribution in [0.1, 0.15) is 5.69 Å². The maximum absolute atomic E-state index is 9.21. The van der Waals surface area contributed by atoms with Crippen molar-refractivity contribution in [1.82, 2.24) is 4.73 Å². The molecule has 12 heavy (non-hydrogen) atoms. The molecule has 0 aromatic carbocycles. The van der Waals surface area contributed by atoms with Crippen LogP contribution in [-0.2, 0) is 0 Å². The monoisotopic (exact) mass is 160 g/mol. The van der Waals surface area contributed by atoms with Crippen LogP contribution in [0, 0.1) is 0 Å². The summed E-state index contributed by atoms with van der Waals surface area (Å²) in [6, 6.07) is 3.59. The van der Waals surface area contributed by atoms with Gasteiger partial charge in [-0.3, -0.25) is 4.99 Å². The van der Waals surface area contributed by atoms with Crippen LogP contribution in [0.3, 0.4) is 0 Å². The minimum absolute atomic E-state index is 0.730. The number of nitrogens with zero attached hydrogens (tertiary/aromatic N) is 2. The molecule has 1 aromatic heterocycles. The third kappa shape index (κ3) is 1.16. The van der Waals surface area contributed by atoms with Crippen LogP contribution in [0.15, 0.2) is 41.2 Å². The molecule has 0 aliphatic carbocycles. The van der Waals surface area contributed by atoms with E-state index in [-0.39, 0.29) is 0 Å². The lowest BCUT2D eigenvalue weighted by atomic mass is 10.3. The van der Waals surface area contributed by atoms with Crippen LogP contribution < -0.4 is 0 Å². The Bertz CT molecular complexity index is 358. The van der Waals surface area contributed by atoms with Crippen LogP contribution in [0.2, 0.25) is 0 Å². The molecule has 0 saturated heterocycles. The first-order chi connectivity index (χ1) is 5.86. The first-order valence-electron chi connectivity index (χ1n) is 3.65. The highest BCUT2D eigenvalue weighted by Crippen LogP contribution is 2.11. The van der Waals surface area contributed by atoms with E-state index in [1.54, 1.807) is 24.6 Å². The molecule has 1 aromatic rings. The summed E-state index contributed by atoms with van der Waals surface area (Å²) in [5.74, 6) is 0. The largest absolute Gasteiger partial charge is 0.428 e. The van der Waals surface area contributed by atoms with E-state index in [2.05, 4.69) is 4.99 Å². The lowest BCUT2D eigenvalue weighted by Crippen LogP contribution is -1.89. The van der Waals surface area contributed by atoms with Crippen molar-refractivity contribution in [2.24, 2.45) is 4.99 Å². The fraction of sp³-hybridized carbons (Fsp3) is 0. The second-order valence-corrected chi connectivity index (χ2v) is 2.48. The van der Waals surface area contributed by atoms with Crippen molar-refractivity contribution in [3.05, 3.63) is 41.9 Å². The molecule has 60 valence electrons. The predicted molar refractivity (Wildman–Crippen MR) is 47.2 cm³/mol. The Labute approximate surface area is 69.9 Å². The summed E-state index contributed by atoms with van der Waals surface area (Å²) >= 11 is 0. The van der Waals surface area contributed by atoms with Crippen LogP contribution >= 0.6 is 0 Å². The van der Waals surface area contributed by atoms with Crippen molar-refractivity contribution in [2.45, 2.75) is 0 Å². The van der Waals surface area contributed by atoms with Gasteiger partial charge in [-0.25, -0.2) is 0 Å². The molecule has 0 fully saturated rings. The summed E-state index contributed by atoms with van der Waals surface area (Å²) in [4.78, 5) is 4.05. The highest BCUT2D eigenvalue weighted by atomic mass is 16.5. The molecule has 3 nitrogen and oxygen atoms in total. The Kier molecular flexibility index (Phi) is 1.55. The molecule has 0 radical (unpaired) electrons. The minimum atomic E-state index is 0.730.